The Morgan fingerprint density at radius 3 is 2.94 bits per heavy atom. The molecular formula is C12H15BrN2O. The summed E-state index contributed by atoms with van der Waals surface area (Å²) in [5.41, 5.74) is 2.62. The third-order valence-electron chi connectivity index (χ3n) is 2.87. The minimum absolute atomic E-state index is 0.0868. The molecule has 16 heavy (non-hydrogen) atoms. The second-order valence-corrected chi connectivity index (χ2v) is 5.07. The SMILES string of the molecule is Cc1cc(Br)ccc1CC1CNC(=O)CN1. The first-order valence-corrected chi connectivity index (χ1v) is 6.19. The van der Waals surface area contributed by atoms with E-state index in [-0.39, 0.29) is 5.91 Å². The zero-order valence-corrected chi connectivity index (χ0v) is 10.8. The van der Waals surface area contributed by atoms with E-state index in [0.717, 1.165) is 10.9 Å². The molecule has 0 radical (unpaired) electrons. The molecule has 1 unspecified atom stereocenters. The smallest absolute Gasteiger partial charge is 0.234 e. The largest absolute Gasteiger partial charge is 0.353 e. The van der Waals surface area contributed by atoms with E-state index in [1.54, 1.807) is 0 Å². The Balaban J connectivity index is 2.01. The van der Waals surface area contributed by atoms with E-state index in [2.05, 4.69) is 51.7 Å². The molecule has 4 heteroatoms. The molecule has 86 valence electrons. The lowest BCUT2D eigenvalue weighted by molar-refractivity contribution is -0.121. The van der Waals surface area contributed by atoms with E-state index in [1.165, 1.54) is 11.1 Å². The van der Waals surface area contributed by atoms with E-state index < -0.39 is 0 Å². The van der Waals surface area contributed by atoms with Crippen LogP contribution in [0.5, 0.6) is 0 Å². The highest BCUT2D eigenvalue weighted by Gasteiger charge is 2.17. The Kier molecular flexibility index (Phi) is 3.61. The third kappa shape index (κ3) is 2.83. The van der Waals surface area contributed by atoms with Crippen molar-refractivity contribution in [2.45, 2.75) is 19.4 Å². The van der Waals surface area contributed by atoms with Crippen LogP contribution in [-0.4, -0.2) is 25.0 Å². The van der Waals surface area contributed by atoms with Gasteiger partial charge in [0.2, 0.25) is 5.91 Å². The number of amides is 1. The summed E-state index contributed by atoms with van der Waals surface area (Å²) >= 11 is 3.46. The summed E-state index contributed by atoms with van der Waals surface area (Å²) in [7, 11) is 0. The summed E-state index contributed by atoms with van der Waals surface area (Å²) in [4.78, 5) is 11.0. The molecule has 1 fully saturated rings. The molecule has 1 aliphatic rings. The van der Waals surface area contributed by atoms with Gasteiger partial charge in [-0.25, -0.2) is 0 Å². The van der Waals surface area contributed by atoms with Crippen LogP contribution >= 0.6 is 15.9 Å². The number of aryl methyl sites for hydroxylation is 1. The summed E-state index contributed by atoms with van der Waals surface area (Å²) in [6, 6.07) is 6.66. The van der Waals surface area contributed by atoms with Crippen LogP contribution in [0.2, 0.25) is 0 Å². The summed E-state index contributed by atoms with van der Waals surface area (Å²) in [6.07, 6.45) is 0.958. The normalized spacial score (nSPS) is 20.6. The molecule has 3 nitrogen and oxygen atoms in total. The Hall–Kier alpha value is -0.870. The van der Waals surface area contributed by atoms with E-state index in [1.807, 2.05) is 0 Å². The Morgan fingerprint density at radius 1 is 1.50 bits per heavy atom. The molecular weight excluding hydrogens is 268 g/mol. The third-order valence-corrected chi connectivity index (χ3v) is 3.36. The highest BCUT2D eigenvalue weighted by molar-refractivity contribution is 9.10. The second kappa shape index (κ2) is 4.97. The van der Waals surface area contributed by atoms with Crippen molar-refractivity contribution in [2.24, 2.45) is 0 Å². The summed E-state index contributed by atoms with van der Waals surface area (Å²) in [6.45, 7) is 3.26. The van der Waals surface area contributed by atoms with Crippen LogP contribution in [0.15, 0.2) is 22.7 Å². The van der Waals surface area contributed by atoms with Crippen molar-refractivity contribution < 1.29 is 4.79 Å². The minimum Gasteiger partial charge on any atom is -0.353 e. The topological polar surface area (TPSA) is 41.1 Å². The summed E-state index contributed by atoms with van der Waals surface area (Å²) in [5.74, 6) is 0.0868. The fourth-order valence-electron chi connectivity index (χ4n) is 1.91. The van der Waals surface area contributed by atoms with Crippen LogP contribution in [0, 0.1) is 6.92 Å². The van der Waals surface area contributed by atoms with Gasteiger partial charge in [-0.05, 0) is 36.6 Å². The van der Waals surface area contributed by atoms with Crippen molar-refractivity contribution in [2.75, 3.05) is 13.1 Å². The Morgan fingerprint density at radius 2 is 2.31 bits per heavy atom. The van der Waals surface area contributed by atoms with Crippen LogP contribution in [0.4, 0.5) is 0 Å². The predicted octanol–water partition coefficient (Wildman–Crippen LogP) is 1.39. The van der Waals surface area contributed by atoms with E-state index in [0.29, 0.717) is 19.1 Å². The van der Waals surface area contributed by atoms with Crippen LogP contribution in [0.3, 0.4) is 0 Å². The standard InChI is InChI=1S/C12H15BrN2O/c1-8-4-10(13)3-2-9(8)5-11-6-15-12(16)7-14-11/h2-4,11,14H,5-7H2,1H3,(H,15,16). The molecule has 0 aromatic heterocycles. The van der Waals surface area contributed by atoms with Gasteiger partial charge in [-0.2, -0.15) is 0 Å². The van der Waals surface area contributed by atoms with Crippen LogP contribution in [0.25, 0.3) is 0 Å². The molecule has 0 saturated carbocycles. The molecule has 1 heterocycles. The lowest BCUT2D eigenvalue weighted by atomic mass is 10.0. The van der Waals surface area contributed by atoms with Crippen molar-refractivity contribution in [3.63, 3.8) is 0 Å². The molecule has 0 aliphatic carbocycles. The van der Waals surface area contributed by atoms with Crippen LogP contribution < -0.4 is 10.6 Å². The van der Waals surface area contributed by atoms with Gasteiger partial charge in [-0.3, -0.25) is 4.79 Å². The lowest BCUT2D eigenvalue weighted by Gasteiger charge is -2.24. The van der Waals surface area contributed by atoms with Gasteiger partial charge in [0, 0.05) is 17.1 Å². The maximum absolute atomic E-state index is 11.0. The van der Waals surface area contributed by atoms with Crippen LogP contribution in [0.1, 0.15) is 11.1 Å². The Labute approximate surface area is 104 Å². The van der Waals surface area contributed by atoms with Gasteiger partial charge in [-0.15, -0.1) is 0 Å². The van der Waals surface area contributed by atoms with Gasteiger partial charge in [0.15, 0.2) is 0 Å². The number of carbonyl (C=O) groups is 1. The fraction of sp³-hybridized carbons (Fsp3) is 0.417. The first kappa shape index (κ1) is 11.6. The van der Waals surface area contributed by atoms with Gasteiger partial charge >= 0.3 is 0 Å². The maximum Gasteiger partial charge on any atom is 0.234 e. The molecule has 1 aromatic carbocycles. The number of halogens is 1. The number of hydrogen-bond acceptors (Lipinski definition) is 2. The number of piperazine rings is 1. The number of nitrogens with one attached hydrogen (secondary N) is 2. The zero-order chi connectivity index (χ0) is 11.5. The maximum atomic E-state index is 11.0. The van der Waals surface area contributed by atoms with Crippen molar-refractivity contribution >= 4 is 21.8 Å². The molecule has 2 rings (SSSR count). The fourth-order valence-corrected chi connectivity index (χ4v) is 2.38. The monoisotopic (exact) mass is 282 g/mol. The van der Waals surface area contributed by atoms with E-state index >= 15 is 0 Å². The molecule has 1 saturated heterocycles. The predicted molar refractivity (Wildman–Crippen MR) is 67.4 cm³/mol. The first-order valence-electron chi connectivity index (χ1n) is 5.40. The van der Waals surface area contributed by atoms with Gasteiger partial charge in [0.1, 0.15) is 0 Å². The van der Waals surface area contributed by atoms with Crippen molar-refractivity contribution in [1.82, 2.24) is 10.6 Å². The Bertz CT molecular complexity index is 396. The molecule has 1 atom stereocenters. The van der Waals surface area contributed by atoms with Crippen molar-refractivity contribution in [1.29, 1.82) is 0 Å². The molecule has 0 spiro atoms. The molecule has 1 aliphatic heterocycles. The van der Waals surface area contributed by atoms with Gasteiger partial charge < -0.3 is 10.6 Å². The second-order valence-electron chi connectivity index (χ2n) is 4.16. The van der Waals surface area contributed by atoms with Crippen molar-refractivity contribution in [3.8, 4) is 0 Å². The average Bonchev–Trinajstić information content (AvgIpc) is 2.25. The molecule has 0 bridgehead atoms. The van der Waals surface area contributed by atoms with Gasteiger partial charge in [-0.1, -0.05) is 22.0 Å². The number of carbonyl (C=O) groups excluding carboxylic acids is 1. The highest BCUT2D eigenvalue weighted by atomic mass is 79.9. The number of hydrogen-bond donors (Lipinski definition) is 2. The molecule has 2 N–H and O–H groups in total. The van der Waals surface area contributed by atoms with Gasteiger partial charge in [0.25, 0.3) is 0 Å². The first-order chi connectivity index (χ1) is 7.65. The van der Waals surface area contributed by atoms with Gasteiger partial charge in [0.05, 0.1) is 6.54 Å². The molecule has 1 amide bonds. The quantitative estimate of drug-likeness (QED) is 0.861. The lowest BCUT2D eigenvalue weighted by Crippen LogP contribution is -2.52. The minimum atomic E-state index is 0.0868. The van der Waals surface area contributed by atoms with Crippen LogP contribution in [-0.2, 0) is 11.2 Å². The number of benzene rings is 1. The zero-order valence-electron chi connectivity index (χ0n) is 9.22. The highest BCUT2D eigenvalue weighted by Crippen LogP contribution is 2.17. The molecule has 1 aromatic rings. The number of rotatable bonds is 2. The van der Waals surface area contributed by atoms with E-state index in [4.69, 9.17) is 0 Å². The summed E-state index contributed by atoms with van der Waals surface area (Å²) < 4.78 is 1.11. The summed E-state index contributed by atoms with van der Waals surface area (Å²) in [5, 5.41) is 6.11. The van der Waals surface area contributed by atoms with Crippen molar-refractivity contribution in [3.05, 3.63) is 33.8 Å². The average molecular weight is 283 g/mol. The van der Waals surface area contributed by atoms with E-state index in [9.17, 15) is 4.79 Å².